The van der Waals surface area contributed by atoms with Gasteiger partial charge in [-0.05, 0) is 35.9 Å². The second-order valence-corrected chi connectivity index (χ2v) is 8.54. The minimum atomic E-state index is -5.01. The van der Waals surface area contributed by atoms with Gasteiger partial charge in [-0.2, -0.15) is 26.3 Å². The summed E-state index contributed by atoms with van der Waals surface area (Å²) in [5.41, 5.74) is -2.72. The van der Waals surface area contributed by atoms with E-state index < -0.39 is 41.2 Å². The van der Waals surface area contributed by atoms with Crippen LogP contribution in [0.1, 0.15) is 22.6 Å². The van der Waals surface area contributed by atoms with E-state index >= 15 is 0 Å². The van der Waals surface area contributed by atoms with Crippen LogP contribution in [0.4, 0.5) is 36.8 Å². The van der Waals surface area contributed by atoms with Gasteiger partial charge >= 0.3 is 18.4 Å². The van der Waals surface area contributed by atoms with Crippen LogP contribution in [0.5, 0.6) is 0 Å². The molecule has 4 nitrogen and oxygen atoms in total. The van der Waals surface area contributed by atoms with E-state index in [9.17, 15) is 31.1 Å². The number of urea groups is 1. The lowest BCUT2D eigenvalue weighted by atomic mass is 9.93. The zero-order valence-electron chi connectivity index (χ0n) is 17.4. The first-order valence-corrected chi connectivity index (χ1v) is 10.4. The number of alkyl halides is 6. The third kappa shape index (κ3) is 5.50. The van der Waals surface area contributed by atoms with Crippen LogP contribution in [-0.4, -0.2) is 44.2 Å². The van der Waals surface area contributed by atoms with Gasteiger partial charge in [0.2, 0.25) is 0 Å². The van der Waals surface area contributed by atoms with E-state index in [2.05, 4.69) is 5.32 Å². The number of anilines is 1. The average molecular weight is 514 g/mol. The highest BCUT2D eigenvalue weighted by Gasteiger charge is 2.39. The Labute approximate surface area is 196 Å². The van der Waals surface area contributed by atoms with Crippen molar-refractivity contribution in [1.29, 1.82) is 0 Å². The van der Waals surface area contributed by atoms with E-state index in [4.69, 9.17) is 23.2 Å². The zero-order chi connectivity index (χ0) is 24.7. The molecule has 0 unspecified atom stereocenters. The van der Waals surface area contributed by atoms with Crippen molar-refractivity contribution in [3.63, 3.8) is 0 Å². The summed E-state index contributed by atoms with van der Waals surface area (Å²) in [6, 6.07) is 4.90. The number of nitrogens with one attached hydrogen (secondary N) is 1. The molecule has 1 saturated heterocycles. The largest absolute Gasteiger partial charge is 0.416 e. The number of likely N-dealkylation sites (N-methyl/N-ethyl adjacent to an activating group) is 1. The van der Waals surface area contributed by atoms with E-state index in [1.54, 1.807) is 18.2 Å². The number of rotatable bonds is 3. The Balaban J connectivity index is 1.90. The number of hydrogen-bond acceptors (Lipinski definition) is 2. The smallest absolute Gasteiger partial charge is 0.322 e. The zero-order valence-corrected chi connectivity index (χ0v) is 18.9. The molecule has 1 fully saturated rings. The van der Waals surface area contributed by atoms with E-state index in [1.165, 1.54) is 11.9 Å². The van der Waals surface area contributed by atoms with Gasteiger partial charge in [-0.15, -0.1) is 0 Å². The molecule has 3 rings (SSSR count). The summed E-state index contributed by atoms with van der Waals surface area (Å²) in [6.45, 7) is 0.864. The van der Waals surface area contributed by atoms with Gasteiger partial charge in [0.1, 0.15) is 0 Å². The predicted molar refractivity (Wildman–Crippen MR) is 114 cm³/mol. The lowest BCUT2D eigenvalue weighted by molar-refractivity contribution is -0.143. The summed E-state index contributed by atoms with van der Waals surface area (Å²) in [5.74, 6) is -0.214. The summed E-state index contributed by atoms with van der Waals surface area (Å²) < 4.78 is 79.2. The van der Waals surface area contributed by atoms with E-state index in [0.29, 0.717) is 35.3 Å². The highest BCUT2D eigenvalue weighted by Crippen LogP contribution is 2.39. The minimum absolute atomic E-state index is 0.0206. The molecule has 0 radical (unpaired) electrons. The molecule has 1 aliphatic rings. The van der Waals surface area contributed by atoms with Crippen molar-refractivity contribution in [3.8, 4) is 0 Å². The molecule has 1 heterocycles. The van der Waals surface area contributed by atoms with Crippen LogP contribution < -0.4 is 10.2 Å². The normalized spacial score (nSPS) is 19.0. The maximum atomic E-state index is 13.2. The van der Waals surface area contributed by atoms with Crippen molar-refractivity contribution in [1.82, 2.24) is 10.2 Å². The molecule has 0 spiro atoms. The first-order valence-electron chi connectivity index (χ1n) is 9.66. The molecule has 2 atom stereocenters. The SMILES string of the molecule is CN(C(=O)N(C)[C@@H]1CNC[C@@H]1c1ccc(Cl)c(Cl)c1)c1cc(C(F)(F)F)cc(C(F)(F)F)c1. The quantitative estimate of drug-likeness (QED) is 0.490. The van der Waals surface area contributed by atoms with Crippen molar-refractivity contribution < 1.29 is 31.1 Å². The van der Waals surface area contributed by atoms with E-state index in [-0.39, 0.29) is 12.0 Å². The van der Waals surface area contributed by atoms with Crippen LogP contribution in [0, 0.1) is 0 Å². The average Bonchev–Trinajstić information content (AvgIpc) is 3.22. The van der Waals surface area contributed by atoms with E-state index in [0.717, 1.165) is 17.5 Å². The molecule has 2 amide bonds. The fourth-order valence-corrected chi connectivity index (χ4v) is 4.08. The molecule has 2 aromatic carbocycles. The fraction of sp³-hybridized carbons (Fsp3) is 0.381. The van der Waals surface area contributed by atoms with Gasteiger partial charge in [0, 0.05) is 38.8 Å². The second kappa shape index (κ2) is 9.23. The summed E-state index contributed by atoms with van der Waals surface area (Å²) in [4.78, 5) is 15.1. The van der Waals surface area contributed by atoms with Gasteiger partial charge in [0.25, 0.3) is 0 Å². The molecule has 180 valence electrons. The maximum absolute atomic E-state index is 13.2. The Morgan fingerprint density at radius 2 is 1.48 bits per heavy atom. The Bertz CT molecular complexity index is 1010. The number of amides is 2. The highest BCUT2D eigenvalue weighted by atomic mass is 35.5. The van der Waals surface area contributed by atoms with Crippen molar-refractivity contribution in [2.24, 2.45) is 0 Å². The molecule has 1 N–H and O–H groups in total. The number of hydrogen-bond donors (Lipinski definition) is 1. The number of benzene rings is 2. The van der Waals surface area contributed by atoms with Crippen LogP contribution in [0.3, 0.4) is 0 Å². The lowest BCUT2D eigenvalue weighted by Gasteiger charge is -2.33. The summed E-state index contributed by atoms with van der Waals surface area (Å²) >= 11 is 12.0. The molecule has 1 aliphatic heterocycles. The molecular weight excluding hydrogens is 495 g/mol. The van der Waals surface area contributed by atoms with Crippen LogP contribution in [0.2, 0.25) is 10.0 Å². The van der Waals surface area contributed by atoms with Gasteiger partial charge in [-0.1, -0.05) is 29.3 Å². The molecule has 0 bridgehead atoms. The van der Waals surface area contributed by atoms with Gasteiger partial charge in [0.15, 0.2) is 0 Å². The van der Waals surface area contributed by atoms with Crippen molar-refractivity contribution >= 4 is 34.9 Å². The van der Waals surface area contributed by atoms with E-state index in [1.807, 2.05) is 0 Å². The Morgan fingerprint density at radius 3 is 2.00 bits per heavy atom. The molecule has 0 aromatic heterocycles. The highest BCUT2D eigenvalue weighted by molar-refractivity contribution is 6.42. The van der Waals surface area contributed by atoms with Crippen molar-refractivity contribution in [2.75, 3.05) is 32.1 Å². The molecular formula is C21H19Cl2F6N3O. The number of carbonyl (C=O) groups excluding carboxylic acids is 1. The standard InChI is InChI=1S/C21H19Cl2F6N3O/c1-31(14-7-12(20(24,25)26)6-13(8-14)21(27,28)29)19(33)32(2)18-10-30-9-15(18)11-3-4-16(22)17(23)5-11/h3-8,15,18,30H,9-10H2,1-2H3/t15-,18-/m1/s1. The Kier molecular flexibility index (Phi) is 7.12. The second-order valence-electron chi connectivity index (χ2n) is 7.72. The lowest BCUT2D eigenvalue weighted by Crippen LogP contribution is -2.47. The topological polar surface area (TPSA) is 35.6 Å². The number of halogens is 8. The maximum Gasteiger partial charge on any atom is 0.416 e. The van der Waals surface area contributed by atoms with Gasteiger partial charge in [0.05, 0.1) is 27.2 Å². The summed E-state index contributed by atoms with van der Waals surface area (Å²) in [6.07, 6.45) is -10.0. The first-order chi connectivity index (χ1) is 15.2. The number of carbonyl (C=O) groups is 1. The fourth-order valence-electron chi connectivity index (χ4n) is 3.78. The first kappa shape index (κ1) is 25.5. The monoisotopic (exact) mass is 513 g/mol. The third-order valence-corrected chi connectivity index (χ3v) is 6.34. The van der Waals surface area contributed by atoms with Gasteiger partial charge in [-0.25, -0.2) is 4.79 Å². The van der Waals surface area contributed by atoms with Crippen molar-refractivity contribution in [2.45, 2.75) is 24.3 Å². The number of nitrogens with zero attached hydrogens (tertiary/aromatic N) is 2. The summed E-state index contributed by atoms with van der Waals surface area (Å²) in [5, 5.41) is 3.83. The molecule has 0 saturated carbocycles. The van der Waals surface area contributed by atoms with Crippen LogP contribution in [0.15, 0.2) is 36.4 Å². The Morgan fingerprint density at radius 1 is 0.909 bits per heavy atom. The predicted octanol–water partition coefficient (Wildman–Crippen LogP) is 6.27. The van der Waals surface area contributed by atoms with Crippen LogP contribution in [0.25, 0.3) is 0 Å². The van der Waals surface area contributed by atoms with Crippen LogP contribution in [-0.2, 0) is 12.4 Å². The minimum Gasteiger partial charge on any atom is -0.322 e. The molecule has 0 aliphatic carbocycles. The van der Waals surface area contributed by atoms with Crippen molar-refractivity contribution in [3.05, 3.63) is 63.1 Å². The van der Waals surface area contributed by atoms with Crippen LogP contribution >= 0.6 is 23.2 Å². The molecule has 12 heteroatoms. The molecule has 2 aromatic rings. The third-order valence-electron chi connectivity index (χ3n) is 5.60. The van der Waals surface area contributed by atoms with Gasteiger partial charge in [-0.3, -0.25) is 4.90 Å². The Hall–Kier alpha value is -2.17. The molecule has 33 heavy (non-hydrogen) atoms. The van der Waals surface area contributed by atoms with Gasteiger partial charge < -0.3 is 10.2 Å². The summed E-state index contributed by atoms with van der Waals surface area (Å²) in [7, 11) is 2.57.